The van der Waals surface area contributed by atoms with E-state index in [1.165, 1.54) is 19.3 Å². The molecule has 14 heavy (non-hydrogen) atoms. The largest absolute Gasteiger partial charge is 0.328 e. The smallest absolute Gasteiger partial charge is 0.00106 e. The first kappa shape index (κ1) is 9.72. The Morgan fingerprint density at radius 3 is 3.00 bits per heavy atom. The van der Waals surface area contributed by atoms with Crippen molar-refractivity contribution < 1.29 is 0 Å². The third-order valence-electron chi connectivity index (χ3n) is 3.23. The van der Waals surface area contributed by atoms with E-state index in [9.17, 15) is 0 Å². The van der Waals surface area contributed by atoms with Crippen molar-refractivity contribution in [1.29, 1.82) is 0 Å². The quantitative estimate of drug-likeness (QED) is 0.777. The van der Waals surface area contributed by atoms with Gasteiger partial charge < -0.3 is 5.73 Å². The van der Waals surface area contributed by atoms with E-state index < -0.39 is 0 Å². The minimum atomic E-state index is 0.350. The zero-order valence-electron chi connectivity index (χ0n) is 8.87. The fourth-order valence-corrected chi connectivity index (χ4v) is 2.41. The second-order valence-electron chi connectivity index (χ2n) is 4.49. The van der Waals surface area contributed by atoms with Gasteiger partial charge in [0.05, 0.1) is 0 Å². The minimum absolute atomic E-state index is 0.350. The number of aryl methyl sites for hydroxylation is 1. The maximum atomic E-state index is 5.79. The molecule has 0 heterocycles. The number of benzene rings is 1. The monoisotopic (exact) mass is 189 g/mol. The summed E-state index contributed by atoms with van der Waals surface area (Å²) in [6, 6.07) is 9.20. The third-order valence-corrected chi connectivity index (χ3v) is 3.23. The van der Waals surface area contributed by atoms with Crippen LogP contribution < -0.4 is 5.73 Å². The van der Waals surface area contributed by atoms with Crippen molar-refractivity contribution in [3.8, 4) is 0 Å². The van der Waals surface area contributed by atoms with E-state index in [0.717, 1.165) is 12.3 Å². The number of nitrogens with two attached hydrogens (primary N) is 1. The van der Waals surface area contributed by atoms with E-state index in [1.54, 1.807) is 11.1 Å². The van der Waals surface area contributed by atoms with Crippen LogP contribution in [0.2, 0.25) is 0 Å². The Morgan fingerprint density at radius 1 is 1.43 bits per heavy atom. The summed E-state index contributed by atoms with van der Waals surface area (Å²) in [7, 11) is 0. The average molecular weight is 189 g/mol. The molecule has 2 N–H and O–H groups in total. The number of hydrogen-bond donors (Lipinski definition) is 1. The molecule has 0 bridgehead atoms. The van der Waals surface area contributed by atoms with Gasteiger partial charge in [0.2, 0.25) is 0 Å². The molecule has 1 heteroatoms. The van der Waals surface area contributed by atoms with Crippen LogP contribution >= 0.6 is 0 Å². The van der Waals surface area contributed by atoms with Crippen molar-refractivity contribution >= 4 is 0 Å². The molecule has 1 aliphatic rings. The van der Waals surface area contributed by atoms with Gasteiger partial charge >= 0.3 is 0 Å². The normalized spacial score (nSPS) is 22.0. The van der Waals surface area contributed by atoms with Crippen LogP contribution in [0.4, 0.5) is 0 Å². The predicted molar refractivity (Wildman–Crippen MR) is 60.4 cm³/mol. The Balaban J connectivity index is 2.03. The Kier molecular flexibility index (Phi) is 2.87. The summed E-state index contributed by atoms with van der Waals surface area (Å²) < 4.78 is 0. The van der Waals surface area contributed by atoms with E-state index in [0.29, 0.717) is 6.04 Å². The van der Waals surface area contributed by atoms with Gasteiger partial charge in [0.25, 0.3) is 0 Å². The zero-order chi connectivity index (χ0) is 9.97. The van der Waals surface area contributed by atoms with Gasteiger partial charge in [-0.1, -0.05) is 24.3 Å². The molecule has 0 saturated heterocycles. The summed E-state index contributed by atoms with van der Waals surface area (Å²) in [4.78, 5) is 0. The fraction of sp³-hybridized carbons (Fsp3) is 0.538. The highest BCUT2D eigenvalue weighted by molar-refractivity contribution is 5.34. The lowest BCUT2D eigenvalue weighted by Gasteiger charge is -2.12. The molecule has 0 spiro atoms. The molecule has 2 rings (SSSR count). The predicted octanol–water partition coefficient (Wildman–Crippen LogP) is 2.84. The van der Waals surface area contributed by atoms with Crippen LogP contribution in [0.25, 0.3) is 0 Å². The van der Waals surface area contributed by atoms with Crippen molar-refractivity contribution in [3.05, 3.63) is 35.4 Å². The molecule has 1 aliphatic carbocycles. The third kappa shape index (κ3) is 1.98. The topological polar surface area (TPSA) is 26.0 Å². The summed E-state index contributed by atoms with van der Waals surface area (Å²) >= 11 is 0. The highest BCUT2D eigenvalue weighted by Crippen LogP contribution is 2.35. The zero-order valence-corrected chi connectivity index (χ0v) is 8.87. The van der Waals surface area contributed by atoms with Crippen molar-refractivity contribution in [2.45, 2.75) is 44.6 Å². The molecule has 0 fully saturated rings. The molecule has 0 saturated carbocycles. The van der Waals surface area contributed by atoms with Crippen LogP contribution in [0.3, 0.4) is 0 Å². The second-order valence-corrected chi connectivity index (χ2v) is 4.49. The van der Waals surface area contributed by atoms with Gasteiger partial charge in [0, 0.05) is 6.04 Å². The van der Waals surface area contributed by atoms with Gasteiger partial charge in [-0.15, -0.1) is 0 Å². The van der Waals surface area contributed by atoms with Crippen LogP contribution in [-0.2, 0) is 6.42 Å². The van der Waals surface area contributed by atoms with Crippen LogP contribution in [0.1, 0.15) is 43.2 Å². The van der Waals surface area contributed by atoms with Gasteiger partial charge in [-0.25, -0.2) is 0 Å². The maximum Gasteiger partial charge on any atom is 0.00106 e. The summed E-state index contributed by atoms with van der Waals surface area (Å²) in [5.74, 6) is 0.775. The summed E-state index contributed by atoms with van der Waals surface area (Å²) in [5, 5.41) is 0. The highest BCUT2D eigenvalue weighted by atomic mass is 14.6. The van der Waals surface area contributed by atoms with Crippen LogP contribution in [0.5, 0.6) is 0 Å². The van der Waals surface area contributed by atoms with Crippen molar-refractivity contribution in [2.75, 3.05) is 0 Å². The van der Waals surface area contributed by atoms with Gasteiger partial charge in [-0.2, -0.15) is 0 Å². The van der Waals surface area contributed by atoms with Gasteiger partial charge in [0.1, 0.15) is 0 Å². The van der Waals surface area contributed by atoms with E-state index in [4.69, 9.17) is 5.73 Å². The Labute approximate surface area is 86.3 Å². The lowest BCUT2D eigenvalue weighted by Crippen LogP contribution is -2.15. The van der Waals surface area contributed by atoms with Crippen LogP contribution in [-0.4, -0.2) is 6.04 Å². The molecule has 0 radical (unpaired) electrons. The average Bonchev–Trinajstić information content (AvgIpc) is 2.58. The highest BCUT2D eigenvalue weighted by Gasteiger charge is 2.21. The molecule has 0 amide bonds. The molecular weight excluding hydrogens is 170 g/mol. The van der Waals surface area contributed by atoms with E-state index >= 15 is 0 Å². The van der Waals surface area contributed by atoms with Crippen molar-refractivity contribution in [2.24, 2.45) is 5.73 Å². The molecule has 2 atom stereocenters. The Bertz CT molecular complexity index is 304. The van der Waals surface area contributed by atoms with Crippen LogP contribution in [0, 0.1) is 0 Å². The van der Waals surface area contributed by atoms with Crippen LogP contribution in [0.15, 0.2) is 24.3 Å². The van der Waals surface area contributed by atoms with Crippen molar-refractivity contribution in [3.63, 3.8) is 0 Å². The lowest BCUT2D eigenvalue weighted by molar-refractivity contribution is 0.540. The lowest BCUT2D eigenvalue weighted by atomic mass is 9.95. The molecule has 1 aromatic carbocycles. The first-order chi connectivity index (χ1) is 6.77. The number of fused-ring (bicyclic) bond motifs is 1. The molecular formula is C13H19N. The first-order valence-electron chi connectivity index (χ1n) is 5.61. The standard InChI is InChI=1S/C13H19N/c1-10(14)6-7-12-9-8-11-4-2-3-5-13(11)12/h2-5,10,12H,6-9,14H2,1H3/t10-,12?/m0/s1. The second kappa shape index (κ2) is 4.14. The fourth-order valence-electron chi connectivity index (χ4n) is 2.41. The summed E-state index contributed by atoms with van der Waals surface area (Å²) in [6.07, 6.45) is 5.00. The number of rotatable bonds is 3. The molecule has 1 aromatic rings. The van der Waals surface area contributed by atoms with E-state index in [-0.39, 0.29) is 0 Å². The molecule has 0 aromatic heterocycles. The van der Waals surface area contributed by atoms with Gasteiger partial charge in [0.15, 0.2) is 0 Å². The Morgan fingerprint density at radius 2 is 2.21 bits per heavy atom. The van der Waals surface area contributed by atoms with Gasteiger partial charge in [-0.05, 0) is 49.7 Å². The molecule has 76 valence electrons. The molecule has 0 aliphatic heterocycles. The molecule has 1 nitrogen and oxygen atoms in total. The summed E-state index contributed by atoms with van der Waals surface area (Å²) in [5.41, 5.74) is 8.93. The van der Waals surface area contributed by atoms with Crippen molar-refractivity contribution in [1.82, 2.24) is 0 Å². The van der Waals surface area contributed by atoms with E-state index in [2.05, 4.69) is 31.2 Å². The Hall–Kier alpha value is -0.820. The minimum Gasteiger partial charge on any atom is -0.328 e. The van der Waals surface area contributed by atoms with E-state index in [1.807, 2.05) is 0 Å². The van der Waals surface area contributed by atoms with Gasteiger partial charge in [-0.3, -0.25) is 0 Å². The maximum absolute atomic E-state index is 5.79. The summed E-state index contributed by atoms with van der Waals surface area (Å²) in [6.45, 7) is 2.10. The number of hydrogen-bond acceptors (Lipinski definition) is 1. The first-order valence-corrected chi connectivity index (χ1v) is 5.61. The SMILES string of the molecule is C[C@H](N)CCC1CCc2ccccc21. The molecule has 1 unspecified atom stereocenters.